The van der Waals surface area contributed by atoms with Crippen molar-refractivity contribution in [3.8, 4) is 0 Å². The number of halogens is 1. The predicted octanol–water partition coefficient (Wildman–Crippen LogP) is 1.97. The molecular formula is C14H27ClN3O2SSi. The van der Waals surface area contributed by atoms with E-state index in [-0.39, 0.29) is 10.8 Å². The van der Waals surface area contributed by atoms with Crippen molar-refractivity contribution in [1.82, 2.24) is 13.3 Å². The molecule has 0 aromatic carbocycles. The Kier molecular flexibility index (Phi) is 5.93. The minimum Gasteiger partial charge on any atom is -0.241 e. The van der Waals surface area contributed by atoms with Crippen LogP contribution in [0.1, 0.15) is 39.2 Å². The lowest BCUT2D eigenvalue weighted by Crippen LogP contribution is -2.36. The summed E-state index contributed by atoms with van der Waals surface area (Å²) in [7, 11) is -1.46. The van der Waals surface area contributed by atoms with Crippen molar-refractivity contribution in [2.24, 2.45) is 0 Å². The number of aromatic nitrogens is 2. The van der Waals surface area contributed by atoms with Gasteiger partial charge in [0.15, 0.2) is 0 Å². The highest BCUT2D eigenvalue weighted by Crippen LogP contribution is 2.25. The maximum atomic E-state index is 12.9. The molecule has 1 rings (SSSR count). The first-order valence-corrected chi connectivity index (χ1v) is 11.6. The molecule has 1 unspecified atom stereocenters. The summed E-state index contributed by atoms with van der Waals surface area (Å²) in [6.07, 6.45) is 0.489. The Morgan fingerprint density at radius 3 is 2.14 bits per heavy atom. The van der Waals surface area contributed by atoms with Crippen molar-refractivity contribution in [1.29, 1.82) is 0 Å². The number of hydrogen-bond acceptors (Lipinski definition) is 3. The van der Waals surface area contributed by atoms with Gasteiger partial charge in [0.2, 0.25) is 0 Å². The highest BCUT2D eigenvalue weighted by Gasteiger charge is 2.34. The molecule has 0 saturated heterocycles. The molecule has 0 spiro atoms. The molecule has 127 valence electrons. The topological polar surface area (TPSA) is 55.2 Å². The van der Waals surface area contributed by atoms with Crippen LogP contribution in [0.3, 0.4) is 0 Å². The summed E-state index contributed by atoms with van der Waals surface area (Å²) >= 11 is 6.18. The zero-order valence-electron chi connectivity index (χ0n) is 14.7. The fraction of sp³-hybridized carbons (Fsp3) is 0.786. The van der Waals surface area contributed by atoms with E-state index in [1.165, 1.54) is 8.28 Å². The van der Waals surface area contributed by atoms with Crippen LogP contribution >= 0.6 is 11.6 Å². The second-order valence-corrected chi connectivity index (χ2v) is 12.2. The Balaban J connectivity index is 3.82. The molecule has 0 N–H and O–H groups in total. The van der Waals surface area contributed by atoms with Crippen LogP contribution in [-0.4, -0.2) is 49.9 Å². The quantitative estimate of drug-likeness (QED) is 0.592. The van der Waals surface area contributed by atoms with Crippen LogP contribution < -0.4 is 5.32 Å². The van der Waals surface area contributed by atoms with Gasteiger partial charge in [0.1, 0.15) is 14.6 Å². The zero-order chi connectivity index (χ0) is 17.5. The molecule has 1 radical (unpaired) electrons. The molecule has 0 saturated carbocycles. The molecule has 0 amide bonds. The average molecular weight is 365 g/mol. The Bertz CT molecular complexity index is 631. The summed E-state index contributed by atoms with van der Waals surface area (Å²) in [6.45, 7) is 12.0. The van der Waals surface area contributed by atoms with Gasteiger partial charge in [-0.25, -0.2) is 8.96 Å². The molecule has 0 bridgehead atoms. The van der Waals surface area contributed by atoms with Gasteiger partial charge >= 0.3 is 10.2 Å². The Labute approximate surface area is 141 Å². The standard InChI is InChI=1S/C14H27ClN3O2SSi/c1-10(15)9-11-12(22(7)8)16-13(14(2,3)4)18(11)21(19,20)17(5)6/h10H,9H2,1-8H3. The van der Waals surface area contributed by atoms with E-state index in [2.05, 4.69) is 13.1 Å². The SMILES string of the molecule is CC(Cl)Cc1c([Si](C)C)nc(C(C)(C)C)n1S(=O)(=O)N(C)C. The van der Waals surface area contributed by atoms with Gasteiger partial charge in [-0.1, -0.05) is 33.9 Å². The summed E-state index contributed by atoms with van der Waals surface area (Å²) < 4.78 is 28.4. The molecule has 5 nitrogen and oxygen atoms in total. The first kappa shape index (κ1) is 19.7. The van der Waals surface area contributed by atoms with Gasteiger partial charge in [-0.15, -0.1) is 11.6 Å². The normalized spacial score (nSPS) is 14.9. The first-order valence-electron chi connectivity index (χ1n) is 7.29. The van der Waals surface area contributed by atoms with Crippen LogP contribution in [0.4, 0.5) is 0 Å². The molecule has 22 heavy (non-hydrogen) atoms. The predicted molar refractivity (Wildman–Crippen MR) is 95.1 cm³/mol. The Morgan fingerprint density at radius 2 is 1.82 bits per heavy atom. The number of rotatable bonds is 5. The second-order valence-electron chi connectivity index (χ2n) is 7.02. The number of nitrogens with zero attached hydrogens (tertiary/aromatic N) is 3. The lowest BCUT2D eigenvalue weighted by Gasteiger charge is -2.23. The monoisotopic (exact) mass is 364 g/mol. The van der Waals surface area contributed by atoms with E-state index < -0.39 is 19.0 Å². The summed E-state index contributed by atoms with van der Waals surface area (Å²) in [5.41, 5.74) is 0.364. The van der Waals surface area contributed by atoms with Gasteiger partial charge in [0.25, 0.3) is 0 Å². The smallest absolute Gasteiger partial charge is 0.241 e. The number of alkyl halides is 1. The highest BCUT2D eigenvalue weighted by molar-refractivity contribution is 7.87. The van der Waals surface area contributed by atoms with Crippen molar-refractivity contribution >= 4 is 35.9 Å². The van der Waals surface area contributed by atoms with Crippen molar-refractivity contribution in [3.05, 3.63) is 11.5 Å². The minimum absolute atomic E-state index is 0.152. The van der Waals surface area contributed by atoms with Crippen LogP contribution in [0.15, 0.2) is 0 Å². The molecule has 1 aromatic rings. The van der Waals surface area contributed by atoms with Crippen molar-refractivity contribution in [2.75, 3.05) is 14.1 Å². The third-order valence-electron chi connectivity index (χ3n) is 3.24. The van der Waals surface area contributed by atoms with Crippen molar-refractivity contribution in [3.63, 3.8) is 0 Å². The van der Waals surface area contributed by atoms with E-state index in [1.807, 2.05) is 27.7 Å². The second kappa shape index (κ2) is 6.63. The van der Waals surface area contributed by atoms with Gasteiger partial charge in [0, 0.05) is 36.6 Å². The van der Waals surface area contributed by atoms with E-state index >= 15 is 0 Å². The molecule has 1 atom stereocenters. The van der Waals surface area contributed by atoms with Crippen LogP contribution in [0.5, 0.6) is 0 Å². The van der Waals surface area contributed by atoms with E-state index in [9.17, 15) is 8.42 Å². The van der Waals surface area contributed by atoms with Crippen LogP contribution in [-0.2, 0) is 22.0 Å². The zero-order valence-corrected chi connectivity index (χ0v) is 17.3. The van der Waals surface area contributed by atoms with Crippen LogP contribution in [0.2, 0.25) is 13.1 Å². The largest absolute Gasteiger partial charge is 0.308 e. The minimum atomic E-state index is -3.63. The van der Waals surface area contributed by atoms with E-state index in [0.29, 0.717) is 12.2 Å². The third kappa shape index (κ3) is 3.93. The van der Waals surface area contributed by atoms with Gasteiger partial charge in [-0.3, -0.25) is 0 Å². The van der Waals surface area contributed by atoms with E-state index in [0.717, 1.165) is 11.0 Å². The van der Waals surface area contributed by atoms with Gasteiger partial charge in [-0.05, 0) is 6.92 Å². The molecule has 0 aliphatic carbocycles. The highest BCUT2D eigenvalue weighted by atomic mass is 35.5. The Morgan fingerprint density at radius 1 is 1.32 bits per heavy atom. The van der Waals surface area contributed by atoms with E-state index in [4.69, 9.17) is 16.6 Å². The first-order chi connectivity index (χ1) is 9.80. The lowest BCUT2D eigenvalue weighted by atomic mass is 9.96. The molecule has 8 heteroatoms. The number of hydrogen-bond donors (Lipinski definition) is 0. The number of imidazole rings is 1. The molecule has 0 fully saturated rings. The molecular weight excluding hydrogens is 338 g/mol. The molecule has 1 heterocycles. The maximum Gasteiger partial charge on any atom is 0.308 e. The fourth-order valence-electron chi connectivity index (χ4n) is 2.17. The third-order valence-corrected chi connectivity index (χ3v) is 6.52. The van der Waals surface area contributed by atoms with Crippen molar-refractivity contribution < 1.29 is 8.42 Å². The summed E-state index contributed by atoms with van der Waals surface area (Å²) in [5, 5.41) is 0.758. The maximum absolute atomic E-state index is 12.9. The summed E-state index contributed by atoms with van der Waals surface area (Å²) in [4.78, 5) is 4.73. The van der Waals surface area contributed by atoms with Gasteiger partial charge < -0.3 is 0 Å². The Hall–Kier alpha value is -0.373. The summed E-state index contributed by atoms with van der Waals surface area (Å²) in [5.74, 6) is 0.578. The van der Waals surface area contributed by atoms with Crippen LogP contribution in [0.25, 0.3) is 0 Å². The van der Waals surface area contributed by atoms with Crippen molar-refractivity contribution in [2.45, 2.75) is 58.0 Å². The van der Waals surface area contributed by atoms with Gasteiger partial charge in [0.05, 0.1) is 5.69 Å². The molecule has 1 aromatic heterocycles. The van der Waals surface area contributed by atoms with E-state index in [1.54, 1.807) is 14.1 Å². The molecule has 0 aliphatic heterocycles. The summed E-state index contributed by atoms with van der Waals surface area (Å²) in [6, 6.07) is 0. The lowest BCUT2D eigenvalue weighted by molar-refractivity contribution is 0.486. The average Bonchev–Trinajstić information content (AvgIpc) is 2.67. The molecule has 0 aliphatic rings. The fourth-order valence-corrected chi connectivity index (χ4v) is 4.82. The van der Waals surface area contributed by atoms with Gasteiger partial charge in [-0.2, -0.15) is 12.7 Å². The van der Waals surface area contributed by atoms with Crippen LogP contribution in [0, 0.1) is 0 Å².